The summed E-state index contributed by atoms with van der Waals surface area (Å²) in [7, 11) is 1.77. The number of nitrogens with zero attached hydrogens (tertiary/aromatic N) is 4. The monoisotopic (exact) mass is 568 g/mol. The molecule has 7 nitrogen and oxygen atoms in total. The van der Waals surface area contributed by atoms with Crippen molar-refractivity contribution in [2.45, 2.75) is 6.18 Å². The Morgan fingerprint density at radius 2 is 1.69 bits per heavy atom. The van der Waals surface area contributed by atoms with Crippen molar-refractivity contribution < 1.29 is 17.9 Å². The van der Waals surface area contributed by atoms with Crippen LogP contribution >= 0.6 is 23.2 Å². The zero-order chi connectivity index (χ0) is 27.3. The van der Waals surface area contributed by atoms with Crippen molar-refractivity contribution in [1.29, 1.82) is 0 Å². The van der Waals surface area contributed by atoms with Crippen LogP contribution in [0, 0.1) is 0 Å². The van der Waals surface area contributed by atoms with Crippen LogP contribution < -0.4 is 10.1 Å². The van der Waals surface area contributed by atoms with Gasteiger partial charge in [0.05, 0.1) is 37.7 Å². The molecule has 0 bridgehead atoms. The minimum atomic E-state index is -4.44. The van der Waals surface area contributed by atoms with Gasteiger partial charge in [0.15, 0.2) is 5.82 Å². The molecule has 0 unspecified atom stereocenters. The maximum Gasteiger partial charge on any atom is 0.416 e. The minimum absolute atomic E-state index is 0.277. The second-order valence-corrected chi connectivity index (χ2v) is 9.51. The standard InChI is InChI=1S/C27H17Cl2F3N6O/c1-38-24-6-5-16(10-22(24)37-26(38)34-15-4-2-3-14(9-15)27(30,31)32)39-17-7-8-33-23(11-17)25-35-20-12-18(28)19(29)13-21(20)36-25/h2-13H,1H3,(H,34,37)(H,35,36). The Bertz CT molecular complexity index is 1830. The van der Waals surface area contributed by atoms with Gasteiger partial charge in [-0.2, -0.15) is 13.2 Å². The third kappa shape index (κ3) is 4.96. The van der Waals surface area contributed by atoms with E-state index in [1.165, 1.54) is 6.07 Å². The Balaban J connectivity index is 1.25. The largest absolute Gasteiger partial charge is 0.457 e. The molecule has 0 radical (unpaired) electrons. The van der Waals surface area contributed by atoms with Crippen molar-refractivity contribution >= 4 is 56.9 Å². The van der Waals surface area contributed by atoms with Gasteiger partial charge in [0.1, 0.15) is 17.2 Å². The number of anilines is 2. The first-order valence-electron chi connectivity index (χ1n) is 11.5. The van der Waals surface area contributed by atoms with Crippen LogP contribution in [0.4, 0.5) is 24.8 Å². The van der Waals surface area contributed by atoms with Gasteiger partial charge in [0.25, 0.3) is 0 Å². The predicted octanol–water partition coefficient (Wildman–Crippen LogP) is 8.37. The smallest absolute Gasteiger partial charge is 0.416 e. The van der Waals surface area contributed by atoms with Gasteiger partial charge in [0, 0.05) is 31.1 Å². The van der Waals surface area contributed by atoms with E-state index in [1.54, 1.807) is 60.3 Å². The summed E-state index contributed by atoms with van der Waals surface area (Å²) in [5, 5.41) is 3.79. The Labute approximate surface area is 229 Å². The van der Waals surface area contributed by atoms with Gasteiger partial charge < -0.3 is 19.6 Å². The number of alkyl halides is 3. The number of halogens is 5. The lowest BCUT2D eigenvalue weighted by Gasteiger charge is -2.10. The summed E-state index contributed by atoms with van der Waals surface area (Å²) in [6, 6.07) is 17.1. The highest BCUT2D eigenvalue weighted by Gasteiger charge is 2.30. The fourth-order valence-electron chi connectivity index (χ4n) is 4.12. The summed E-state index contributed by atoms with van der Waals surface area (Å²) < 4.78 is 47.1. The second kappa shape index (κ2) is 9.48. The number of H-pyrrole nitrogens is 1. The number of hydrogen-bond acceptors (Lipinski definition) is 5. The molecule has 12 heteroatoms. The molecule has 6 aromatic rings. The molecule has 0 amide bonds. The molecule has 0 saturated carbocycles. The first kappa shape index (κ1) is 25.0. The third-order valence-electron chi connectivity index (χ3n) is 6.03. The highest BCUT2D eigenvalue weighted by Crippen LogP contribution is 2.33. The number of nitrogens with one attached hydrogen (secondary N) is 2. The summed E-state index contributed by atoms with van der Waals surface area (Å²) in [5.41, 5.74) is 2.84. The number of ether oxygens (including phenoxy) is 1. The highest BCUT2D eigenvalue weighted by molar-refractivity contribution is 6.42. The Hall–Kier alpha value is -4.28. The number of rotatable bonds is 5. The maximum atomic E-state index is 13.1. The van der Waals surface area contributed by atoms with Gasteiger partial charge in [-0.05, 0) is 48.5 Å². The van der Waals surface area contributed by atoms with Crippen LogP contribution in [0.3, 0.4) is 0 Å². The zero-order valence-corrected chi connectivity index (χ0v) is 21.5. The highest BCUT2D eigenvalue weighted by atomic mass is 35.5. The van der Waals surface area contributed by atoms with Crippen molar-refractivity contribution in [2.24, 2.45) is 7.05 Å². The van der Waals surface area contributed by atoms with Crippen LogP contribution in [0.5, 0.6) is 11.5 Å². The molecule has 6 rings (SSSR count). The molecule has 0 atom stereocenters. The van der Waals surface area contributed by atoms with Gasteiger partial charge >= 0.3 is 6.18 Å². The number of imidazole rings is 2. The number of aromatic nitrogens is 5. The van der Waals surface area contributed by atoms with E-state index in [-0.39, 0.29) is 5.69 Å². The summed E-state index contributed by atoms with van der Waals surface area (Å²) in [6.45, 7) is 0. The van der Waals surface area contributed by atoms with Gasteiger partial charge in [-0.25, -0.2) is 9.97 Å². The van der Waals surface area contributed by atoms with Crippen molar-refractivity contribution in [3.05, 3.63) is 88.5 Å². The van der Waals surface area contributed by atoms with E-state index in [9.17, 15) is 13.2 Å². The quantitative estimate of drug-likeness (QED) is 0.218. The number of aromatic amines is 1. The molecule has 0 saturated heterocycles. The SMILES string of the molecule is Cn1c(Nc2cccc(C(F)(F)F)c2)nc2cc(Oc3ccnc(-c4nc5cc(Cl)c(Cl)cc5[nH]4)c3)ccc21. The average molecular weight is 569 g/mol. The fourth-order valence-corrected chi connectivity index (χ4v) is 4.45. The minimum Gasteiger partial charge on any atom is -0.457 e. The molecule has 0 fully saturated rings. The molecular weight excluding hydrogens is 552 g/mol. The van der Waals surface area contributed by atoms with Crippen LogP contribution in [-0.4, -0.2) is 24.5 Å². The number of hydrogen-bond donors (Lipinski definition) is 2. The summed E-state index contributed by atoms with van der Waals surface area (Å²) in [4.78, 5) is 16.7. The van der Waals surface area contributed by atoms with Crippen molar-refractivity contribution in [3.8, 4) is 23.0 Å². The zero-order valence-electron chi connectivity index (χ0n) is 20.0. The van der Waals surface area contributed by atoms with Crippen LogP contribution in [0.2, 0.25) is 10.0 Å². The summed E-state index contributed by atoms with van der Waals surface area (Å²) in [6.07, 6.45) is -2.83. The fraction of sp³-hybridized carbons (Fsp3) is 0.0741. The number of aryl methyl sites for hydroxylation is 1. The number of benzene rings is 3. The number of pyridine rings is 1. The van der Waals surface area contributed by atoms with E-state index in [0.717, 1.165) is 23.2 Å². The molecule has 3 aromatic carbocycles. The van der Waals surface area contributed by atoms with E-state index in [0.29, 0.717) is 50.0 Å². The first-order valence-corrected chi connectivity index (χ1v) is 12.3. The molecule has 196 valence electrons. The predicted molar refractivity (Wildman–Crippen MR) is 145 cm³/mol. The van der Waals surface area contributed by atoms with Crippen LogP contribution in [0.15, 0.2) is 72.9 Å². The van der Waals surface area contributed by atoms with Crippen molar-refractivity contribution in [2.75, 3.05) is 5.32 Å². The average Bonchev–Trinajstić information content (AvgIpc) is 3.44. The first-order chi connectivity index (χ1) is 18.6. The van der Waals surface area contributed by atoms with Gasteiger partial charge in [0.2, 0.25) is 5.95 Å². The Morgan fingerprint density at radius 3 is 2.51 bits per heavy atom. The van der Waals surface area contributed by atoms with E-state index in [2.05, 4.69) is 25.3 Å². The van der Waals surface area contributed by atoms with Crippen molar-refractivity contribution in [3.63, 3.8) is 0 Å². The molecule has 2 N–H and O–H groups in total. The molecule has 0 aliphatic rings. The molecule has 3 aromatic heterocycles. The maximum absolute atomic E-state index is 13.1. The molecule has 39 heavy (non-hydrogen) atoms. The van der Waals surface area contributed by atoms with Crippen LogP contribution in [0.25, 0.3) is 33.6 Å². The van der Waals surface area contributed by atoms with E-state index in [4.69, 9.17) is 27.9 Å². The lowest BCUT2D eigenvalue weighted by atomic mass is 10.2. The Kier molecular flexibility index (Phi) is 6.08. The van der Waals surface area contributed by atoms with Crippen LogP contribution in [-0.2, 0) is 13.2 Å². The Morgan fingerprint density at radius 1 is 0.897 bits per heavy atom. The van der Waals surface area contributed by atoms with E-state index in [1.807, 2.05) is 6.07 Å². The lowest BCUT2D eigenvalue weighted by molar-refractivity contribution is -0.137. The van der Waals surface area contributed by atoms with Gasteiger partial charge in [-0.1, -0.05) is 29.3 Å². The number of fused-ring (bicyclic) bond motifs is 2. The summed E-state index contributed by atoms with van der Waals surface area (Å²) >= 11 is 12.2. The molecular formula is C27H17Cl2F3N6O. The molecule has 0 spiro atoms. The van der Waals surface area contributed by atoms with Gasteiger partial charge in [-0.15, -0.1) is 0 Å². The normalized spacial score (nSPS) is 11.8. The topological polar surface area (TPSA) is 80.7 Å². The second-order valence-electron chi connectivity index (χ2n) is 8.70. The molecule has 0 aliphatic carbocycles. The van der Waals surface area contributed by atoms with Crippen molar-refractivity contribution in [1.82, 2.24) is 24.5 Å². The van der Waals surface area contributed by atoms with Crippen LogP contribution in [0.1, 0.15) is 5.56 Å². The van der Waals surface area contributed by atoms with E-state index < -0.39 is 11.7 Å². The molecule has 3 heterocycles. The molecule has 0 aliphatic heterocycles. The third-order valence-corrected chi connectivity index (χ3v) is 6.75. The van der Waals surface area contributed by atoms with Gasteiger partial charge in [-0.3, -0.25) is 4.98 Å². The van der Waals surface area contributed by atoms with E-state index >= 15 is 0 Å². The lowest BCUT2D eigenvalue weighted by Crippen LogP contribution is -2.06. The summed E-state index contributed by atoms with van der Waals surface area (Å²) in [5.74, 6) is 1.96.